The second kappa shape index (κ2) is 6.98. The zero-order valence-corrected chi connectivity index (χ0v) is 15.5. The average Bonchev–Trinajstić information content (AvgIpc) is 2.59. The lowest BCUT2D eigenvalue weighted by Gasteiger charge is -2.13. The molecule has 0 atom stereocenters. The molecule has 1 N–H and O–H groups in total. The van der Waals surface area contributed by atoms with Crippen molar-refractivity contribution in [3.63, 3.8) is 0 Å². The maximum absolute atomic E-state index is 13.0. The summed E-state index contributed by atoms with van der Waals surface area (Å²) in [6, 6.07) is 11.7. The number of nitrogens with one attached hydrogen (secondary N) is 1. The van der Waals surface area contributed by atoms with Gasteiger partial charge in [-0.1, -0.05) is 34.1 Å². The summed E-state index contributed by atoms with van der Waals surface area (Å²) in [6.07, 6.45) is -3.11. The third kappa shape index (κ3) is 3.89. The number of sulfonamides is 1. The van der Waals surface area contributed by atoms with E-state index in [1.807, 2.05) is 6.07 Å². The maximum Gasteiger partial charge on any atom is 0.417 e. The van der Waals surface area contributed by atoms with Crippen LogP contribution in [0.25, 0.3) is 10.9 Å². The smallest absolute Gasteiger partial charge is 0.256 e. The lowest BCUT2D eigenvalue weighted by molar-refractivity contribution is -0.138. The largest absolute Gasteiger partial charge is 0.417 e. The Kier molecular flexibility index (Phi) is 5.05. The molecule has 136 valence electrons. The number of halogens is 4. The predicted octanol–water partition coefficient (Wildman–Crippen LogP) is 4.49. The number of nitrogens with zero attached hydrogens (tertiary/aromatic N) is 1. The molecule has 0 amide bonds. The van der Waals surface area contributed by atoms with Crippen LogP contribution in [-0.4, -0.2) is 13.4 Å². The summed E-state index contributed by atoms with van der Waals surface area (Å²) >= 11 is 2.79. The van der Waals surface area contributed by atoms with E-state index in [0.717, 1.165) is 17.5 Å². The van der Waals surface area contributed by atoms with Crippen molar-refractivity contribution >= 4 is 36.9 Å². The highest BCUT2D eigenvalue weighted by molar-refractivity contribution is 9.10. The van der Waals surface area contributed by atoms with Gasteiger partial charge < -0.3 is 0 Å². The van der Waals surface area contributed by atoms with Gasteiger partial charge in [0.25, 0.3) is 0 Å². The normalized spacial score (nSPS) is 12.5. The number of aromatic nitrogens is 1. The van der Waals surface area contributed by atoms with E-state index in [1.165, 1.54) is 0 Å². The zero-order chi connectivity index (χ0) is 18.9. The van der Waals surface area contributed by atoms with Gasteiger partial charge in [0.1, 0.15) is 0 Å². The lowest BCUT2D eigenvalue weighted by atomic mass is 10.1. The van der Waals surface area contributed by atoms with Gasteiger partial charge in [0.15, 0.2) is 0 Å². The van der Waals surface area contributed by atoms with Crippen molar-refractivity contribution in [3.8, 4) is 0 Å². The summed E-state index contributed by atoms with van der Waals surface area (Å²) in [5, 5.41) is 0.768. The van der Waals surface area contributed by atoms with E-state index in [2.05, 4.69) is 25.6 Å². The lowest BCUT2D eigenvalue weighted by Crippen LogP contribution is -2.24. The Morgan fingerprint density at radius 2 is 1.81 bits per heavy atom. The van der Waals surface area contributed by atoms with Crippen LogP contribution in [-0.2, 0) is 22.7 Å². The first-order valence-electron chi connectivity index (χ1n) is 7.37. The Balaban J connectivity index is 1.90. The minimum absolute atomic E-state index is 0.0667. The average molecular weight is 445 g/mol. The molecule has 0 aliphatic carbocycles. The van der Waals surface area contributed by atoms with Crippen LogP contribution in [0.15, 0.2) is 64.1 Å². The number of alkyl halides is 3. The van der Waals surface area contributed by atoms with E-state index < -0.39 is 26.7 Å². The first kappa shape index (κ1) is 18.8. The fourth-order valence-corrected chi connectivity index (χ4v) is 3.96. The minimum atomic E-state index is -4.66. The highest BCUT2D eigenvalue weighted by atomic mass is 79.9. The van der Waals surface area contributed by atoms with E-state index in [-0.39, 0.29) is 11.0 Å². The van der Waals surface area contributed by atoms with Gasteiger partial charge >= 0.3 is 6.18 Å². The molecule has 2 aromatic carbocycles. The van der Waals surface area contributed by atoms with E-state index in [9.17, 15) is 21.6 Å². The predicted molar refractivity (Wildman–Crippen MR) is 94.9 cm³/mol. The molecule has 4 nitrogen and oxygen atoms in total. The molecule has 0 unspecified atom stereocenters. The summed E-state index contributed by atoms with van der Waals surface area (Å²) in [6.45, 7) is -0.0667. The molecule has 3 rings (SSSR count). The van der Waals surface area contributed by atoms with Crippen molar-refractivity contribution in [2.45, 2.75) is 17.6 Å². The van der Waals surface area contributed by atoms with Gasteiger partial charge in [-0.05, 0) is 35.9 Å². The fourth-order valence-electron chi connectivity index (χ4n) is 2.45. The molecule has 3 aromatic rings. The van der Waals surface area contributed by atoms with E-state index in [4.69, 9.17) is 0 Å². The van der Waals surface area contributed by atoms with Crippen LogP contribution in [0.1, 0.15) is 11.1 Å². The van der Waals surface area contributed by atoms with Crippen LogP contribution in [0.2, 0.25) is 0 Å². The number of pyridine rings is 1. The number of para-hydroxylation sites is 1. The summed E-state index contributed by atoms with van der Waals surface area (Å²) in [5.41, 5.74) is 0.328. The first-order chi connectivity index (χ1) is 12.2. The second-order valence-corrected chi connectivity index (χ2v) is 8.07. The SMILES string of the molecule is O=S(=O)(NCc1ccnc2ccccc12)c1ccc(Br)c(C(F)(F)F)c1. The van der Waals surface area contributed by atoms with Crippen LogP contribution in [0.5, 0.6) is 0 Å². The van der Waals surface area contributed by atoms with Crippen molar-refractivity contribution in [2.24, 2.45) is 0 Å². The number of benzene rings is 2. The van der Waals surface area contributed by atoms with E-state index in [0.29, 0.717) is 17.1 Å². The van der Waals surface area contributed by atoms with Crippen LogP contribution in [0.3, 0.4) is 0 Å². The van der Waals surface area contributed by atoms with Gasteiger partial charge in [0.2, 0.25) is 10.0 Å². The van der Waals surface area contributed by atoms with E-state index >= 15 is 0 Å². The molecule has 0 saturated heterocycles. The zero-order valence-electron chi connectivity index (χ0n) is 13.1. The summed E-state index contributed by atoms with van der Waals surface area (Å²) < 4.78 is 65.9. The Morgan fingerprint density at radius 1 is 1.08 bits per heavy atom. The molecular weight excluding hydrogens is 433 g/mol. The fraction of sp³-hybridized carbons (Fsp3) is 0.118. The van der Waals surface area contributed by atoms with Gasteiger partial charge in [0, 0.05) is 22.6 Å². The Morgan fingerprint density at radius 3 is 2.54 bits per heavy atom. The summed E-state index contributed by atoms with van der Waals surface area (Å²) in [4.78, 5) is 3.73. The van der Waals surface area contributed by atoms with Crippen LogP contribution in [0.4, 0.5) is 13.2 Å². The highest BCUT2D eigenvalue weighted by Crippen LogP contribution is 2.36. The first-order valence-corrected chi connectivity index (χ1v) is 9.65. The van der Waals surface area contributed by atoms with Crippen molar-refractivity contribution in [1.82, 2.24) is 9.71 Å². The van der Waals surface area contributed by atoms with Gasteiger partial charge in [0.05, 0.1) is 16.0 Å². The van der Waals surface area contributed by atoms with Crippen molar-refractivity contribution in [3.05, 3.63) is 70.3 Å². The monoisotopic (exact) mass is 444 g/mol. The van der Waals surface area contributed by atoms with Gasteiger partial charge in [-0.3, -0.25) is 4.98 Å². The minimum Gasteiger partial charge on any atom is -0.256 e. The number of fused-ring (bicyclic) bond motifs is 1. The standard InChI is InChI=1S/C17H12BrF3N2O2S/c18-15-6-5-12(9-14(15)17(19,20)21)26(24,25)23-10-11-7-8-22-16-4-2-1-3-13(11)16/h1-9,23H,10H2. The summed E-state index contributed by atoms with van der Waals surface area (Å²) in [5.74, 6) is 0. The second-order valence-electron chi connectivity index (χ2n) is 5.45. The molecule has 0 fully saturated rings. The Bertz CT molecular complexity index is 1060. The Labute approximate surface area is 156 Å². The number of hydrogen-bond acceptors (Lipinski definition) is 3. The van der Waals surface area contributed by atoms with Crippen LogP contribution >= 0.6 is 15.9 Å². The molecule has 0 spiro atoms. The molecule has 0 saturated carbocycles. The molecule has 0 radical (unpaired) electrons. The molecule has 0 aliphatic heterocycles. The third-order valence-corrected chi connectivity index (χ3v) is 5.84. The van der Waals surface area contributed by atoms with Crippen molar-refractivity contribution < 1.29 is 21.6 Å². The van der Waals surface area contributed by atoms with Gasteiger partial charge in [-0.25, -0.2) is 13.1 Å². The Hall–Kier alpha value is -1.97. The maximum atomic E-state index is 13.0. The van der Waals surface area contributed by atoms with Gasteiger partial charge in [-0.2, -0.15) is 13.2 Å². The highest BCUT2D eigenvalue weighted by Gasteiger charge is 2.34. The van der Waals surface area contributed by atoms with Crippen LogP contribution in [0, 0.1) is 0 Å². The number of hydrogen-bond donors (Lipinski definition) is 1. The van der Waals surface area contributed by atoms with Gasteiger partial charge in [-0.15, -0.1) is 0 Å². The van der Waals surface area contributed by atoms with Crippen LogP contribution < -0.4 is 4.72 Å². The number of rotatable bonds is 4. The van der Waals surface area contributed by atoms with E-state index in [1.54, 1.807) is 30.5 Å². The third-order valence-electron chi connectivity index (χ3n) is 3.75. The molecule has 9 heteroatoms. The molecule has 0 aliphatic rings. The molecule has 26 heavy (non-hydrogen) atoms. The van der Waals surface area contributed by atoms with Crippen molar-refractivity contribution in [2.75, 3.05) is 0 Å². The molecular formula is C17H12BrF3N2O2S. The topological polar surface area (TPSA) is 59.1 Å². The molecule has 0 bridgehead atoms. The quantitative estimate of drug-likeness (QED) is 0.644. The van der Waals surface area contributed by atoms with Crippen molar-refractivity contribution in [1.29, 1.82) is 0 Å². The molecule has 1 heterocycles. The molecule has 1 aromatic heterocycles. The summed E-state index contributed by atoms with van der Waals surface area (Å²) in [7, 11) is -4.12.